The number of fused-ring (bicyclic) bond motifs is 2. The minimum atomic E-state index is -0.620. The first-order valence-electron chi connectivity index (χ1n) is 10.7. The first-order chi connectivity index (χ1) is 16.0. The number of carbonyl (C=O) groups excluding carboxylic acids is 1. The number of rotatable bonds is 4. The van der Waals surface area contributed by atoms with Crippen LogP contribution in [-0.2, 0) is 24.3 Å². The molecule has 0 saturated carbocycles. The second-order valence-electron chi connectivity index (χ2n) is 7.98. The number of aromatic nitrogens is 5. The minimum absolute atomic E-state index is 0.0312. The number of carbonyl (C=O) groups is 1. The van der Waals surface area contributed by atoms with Gasteiger partial charge in [-0.1, -0.05) is 6.42 Å². The van der Waals surface area contributed by atoms with Gasteiger partial charge >= 0.3 is 0 Å². The van der Waals surface area contributed by atoms with Crippen molar-refractivity contribution in [1.82, 2.24) is 24.3 Å². The molecule has 0 unspecified atom stereocenters. The molecule has 3 heterocycles. The van der Waals surface area contributed by atoms with E-state index in [1.807, 2.05) is 4.57 Å². The highest BCUT2D eigenvalue weighted by Gasteiger charge is 2.18. The van der Waals surface area contributed by atoms with Crippen LogP contribution in [0.4, 0.5) is 14.5 Å². The highest BCUT2D eigenvalue weighted by Crippen LogP contribution is 2.26. The van der Waals surface area contributed by atoms with Gasteiger partial charge in [-0.15, -0.1) is 10.2 Å². The topological polar surface area (TPSA) is 94.7 Å². The van der Waals surface area contributed by atoms with Crippen molar-refractivity contribution in [1.29, 1.82) is 0 Å². The van der Waals surface area contributed by atoms with Gasteiger partial charge < -0.3 is 9.88 Å². The van der Waals surface area contributed by atoms with Crippen LogP contribution in [0, 0.1) is 11.6 Å². The fourth-order valence-corrected chi connectivity index (χ4v) is 4.05. The van der Waals surface area contributed by atoms with Gasteiger partial charge in [-0.25, -0.2) is 13.8 Å². The van der Waals surface area contributed by atoms with Gasteiger partial charge in [-0.2, -0.15) is 0 Å². The van der Waals surface area contributed by atoms with Gasteiger partial charge in [-0.3, -0.25) is 14.2 Å². The van der Waals surface area contributed by atoms with Crippen molar-refractivity contribution in [3.63, 3.8) is 0 Å². The zero-order chi connectivity index (χ0) is 22.9. The maximum Gasteiger partial charge on any atom is 0.261 e. The molecule has 0 atom stereocenters. The Morgan fingerprint density at radius 3 is 2.82 bits per heavy atom. The Bertz CT molecular complexity index is 1430. The third-order valence-corrected chi connectivity index (χ3v) is 5.71. The van der Waals surface area contributed by atoms with E-state index >= 15 is 0 Å². The summed E-state index contributed by atoms with van der Waals surface area (Å²) in [7, 11) is 0. The van der Waals surface area contributed by atoms with E-state index in [4.69, 9.17) is 0 Å². The fraction of sp³-hybridized carbons (Fsp3) is 0.261. The second kappa shape index (κ2) is 8.53. The Morgan fingerprint density at radius 2 is 1.94 bits per heavy atom. The SMILES string of the molecule is O=C(Cn1cnc2ccc(F)cc2c1=O)Nc1cc(-c2nnc3n2CCCCC3)ccc1F. The lowest BCUT2D eigenvalue weighted by atomic mass is 10.1. The molecule has 0 bridgehead atoms. The number of nitrogens with zero attached hydrogens (tertiary/aromatic N) is 5. The lowest BCUT2D eigenvalue weighted by Gasteiger charge is -2.11. The molecule has 0 aliphatic carbocycles. The van der Waals surface area contributed by atoms with E-state index in [1.165, 1.54) is 30.6 Å². The van der Waals surface area contributed by atoms with Gasteiger partial charge in [0.05, 0.1) is 22.9 Å². The van der Waals surface area contributed by atoms with Crippen LogP contribution in [0.25, 0.3) is 22.3 Å². The first-order valence-corrected chi connectivity index (χ1v) is 10.7. The summed E-state index contributed by atoms with van der Waals surface area (Å²) in [6, 6.07) is 8.03. The van der Waals surface area contributed by atoms with Crippen molar-refractivity contribution in [2.75, 3.05) is 5.32 Å². The minimum Gasteiger partial charge on any atom is -0.322 e. The van der Waals surface area contributed by atoms with Crippen LogP contribution in [-0.4, -0.2) is 30.2 Å². The molecule has 8 nitrogen and oxygen atoms in total. The van der Waals surface area contributed by atoms with Gasteiger partial charge in [0.2, 0.25) is 5.91 Å². The Hall–Kier alpha value is -3.95. The second-order valence-corrected chi connectivity index (χ2v) is 7.98. The standard InChI is InChI=1S/C23H20F2N6O2/c24-15-6-8-18-16(11-15)23(33)30(13-26-18)12-21(32)27-19-10-14(5-7-17(19)25)22-29-28-20-4-2-1-3-9-31(20)22/h5-8,10-11,13H,1-4,9,12H2,(H,27,32). The molecule has 2 aromatic heterocycles. The molecule has 2 aromatic carbocycles. The van der Waals surface area contributed by atoms with E-state index in [2.05, 4.69) is 20.5 Å². The summed E-state index contributed by atoms with van der Waals surface area (Å²) in [5.74, 6) is -0.287. The Labute approximate surface area is 186 Å². The van der Waals surface area contributed by atoms with Crippen LogP contribution in [0.1, 0.15) is 25.1 Å². The highest BCUT2D eigenvalue weighted by molar-refractivity contribution is 5.91. The third kappa shape index (κ3) is 4.11. The van der Waals surface area contributed by atoms with E-state index in [9.17, 15) is 18.4 Å². The zero-order valence-electron chi connectivity index (χ0n) is 17.6. The van der Waals surface area contributed by atoms with Crippen molar-refractivity contribution >= 4 is 22.5 Å². The van der Waals surface area contributed by atoms with E-state index in [0.717, 1.165) is 48.7 Å². The quantitative estimate of drug-likeness (QED) is 0.515. The molecule has 4 aromatic rings. The molecule has 5 rings (SSSR count). The lowest BCUT2D eigenvalue weighted by molar-refractivity contribution is -0.116. The van der Waals surface area contributed by atoms with Crippen LogP contribution in [0.3, 0.4) is 0 Å². The highest BCUT2D eigenvalue weighted by atomic mass is 19.1. The molecule has 0 saturated heterocycles. The molecule has 1 N–H and O–H groups in total. The maximum absolute atomic E-state index is 14.5. The van der Waals surface area contributed by atoms with Crippen LogP contribution < -0.4 is 10.9 Å². The van der Waals surface area contributed by atoms with Crippen molar-refractivity contribution in [2.24, 2.45) is 0 Å². The normalized spacial score (nSPS) is 13.5. The lowest BCUT2D eigenvalue weighted by Crippen LogP contribution is -2.28. The van der Waals surface area contributed by atoms with Crippen LogP contribution in [0.5, 0.6) is 0 Å². The molecular formula is C23H20F2N6O2. The number of nitrogens with one attached hydrogen (secondary N) is 1. The Kier molecular flexibility index (Phi) is 5.41. The van der Waals surface area contributed by atoms with E-state index in [-0.39, 0.29) is 11.1 Å². The summed E-state index contributed by atoms with van der Waals surface area (Å²) in [4.78, 5) is 29.3. The summed E-state index contributed by atoms with van der Waals surface area (Å²) in [6.45, 7) is 0.386. The summed E-state index contributed by atoms with van der Waals surface area (Å²) in [6.07, 6.45) is 5.24. The van der Waals surface area contributed by atoms with Gasteiger partial charge in [-0.05, 0) is 49.2 Å². The average molecular weight is 450 g/mol. The maximum atomic E-state index is 14.5. The molecule has 168 valence electrons. The largest absolute Gasteiger partial charge is 0.322 e. The molecule has 1 aliphatic rings. The van der Waals surface area contributed by atoms with E-state index in [1.54, 1.807) is 6.07 Å². The molecule has 0 fully saturated rings. The van der Waals surface area contributed by atoms with Gasteiger partial charge in [0.1, 0.15) is 24.0 Å². The number of benzene rings is 2. The molecule has 10 heteroatoms. The smallest absolute Gasteiger partial charge is 0.261 e. The van der Waals surface area contributed by atoms with Crippen molar-refractivity contribution in [3.05, 3.63) is 70.5 Å². The van der Waals surface area contributed by atoms with Crippen molar-refractivity contribution < 1.29 is 13.6 Å². The monoisotopic (exact) mass is 450 g/mol. The van der Waals surface area contributed by atoms with E-state index < -0.39 is 29.6 Å². The molecule has 0 radical (unpaired) electrons. The summed E-state index contributed by atoms with van der Waals surface area (Å²) >= 11 is 0. The number of anilines is 1. The molecule has 33 heavy (non-hydrogen) atoms. The predicted octanol–water partition coefficient (Wildman–Crippen LogP) is 3.30. The molecule has 1 amide bonds. The Morgan fingerprint density at radius 1 is 1.06 bits per heavy atom. The summed E-state index contributed by atoms with van der Waals surface area (Å²) in [5, 5.41) is 11.1. The van der Waals surface area contributed by atoms with Crippen LogP contribution in [0.15, 0.2) is 47.5 Å². The first kappa shape index (κ1) is 20.9. The summed E-state index contributed by atoms with van der Waals surface area (Å²) < 4.78 is 31.1. The molecule has 1 aliphatic heterocycles. The predicted molar refractivity (Wildman–Crippen MR) is 118 cm³/mol. The third-order valence-electron chi connectivity index (χ3n) is 5.71. The molecule has 0 spiro atoms. The van der Waals surface area contributed by atoms with Crippen LogP contribution >= 0.6 is 0 Å². The van der Waals surface area contributed by atoms with Gasteiger partial charge in [0.15, 0.2) is 5.82 Å². The Balaban J connectivity index is 1.40. The average Bonchev–Trinajstić information content (AvgIpc) is 3.05. The molecular weight excluding hydrogens is 430 g/mol. The number of aryl methyl sites for hydroxylation is 1. The van der Waals surface area contributed by atoms with Crippen LogP contribution in [0.2, 0.25) is 0 Å². The number of amides is 1. The number of hydrogen-bond donors (Lipinski definition) is 1. The van der Waals surface area contributed by atoms with Crippen molar-refractivity contribution in [2.45, 2.75) is 38.8 Å². The van der Waals surface area contributed by atoms with Crippen molar-refractivity contribution in [3.8, 4) is 11.4 Å². The number of halogens is 2. The van der Waals surface area contributed by atoms with Gasteiger partial charge in [0.25, 0.3) is 5.56 Å². The van der Waals surface area contributed by atoms with Gasteiger partial charge in [0, 0.05) is 18.5 Å². The summed E-state index contributed by atoms with van der Waals surface area (Å²) in [5.41, 5.74) is 0.364. The zero-order valence-corrected chi connectivity index (χ0v) is 17.6. The fourth-order valence-electron chi connectivity index (χ4n) is 4.05. The van der Waals surface area contributed by atoms with E-state index in [0.29, 0.717) is 16.9 Å². The number of hydrogen-bond acceptors (Lipinski definition) is 5.